The van der Waals surface area contributed by atoms with Crippen LogP contribution in [0.4, 0.5) is 5.69 Å². The first-order valence-corrected chi connectivity index (χ1v) is 8.31. The number of carbonyl (C=O) groups is 2. The highest BCUT2D eigenvalue weighted by Gasteiger charge is 2.28. The Bertz CT molecular complexity index is 550. The number of hydrogen-bond acceptors (Lipinski definition) is 2. The van der Waals surface area contributed by atoms with Gasteiger partial charge in [-0.25, -0.2) is 0 Å². The van der Waals surface area contributed by atoms with Gasteiger partial charge in [0.05, 0.1) is 4.83 Å². The van der Waals surface area contributed by atoms with Gasteiger partial charge in [-0.2, -0.15) is 0 Å². The molecule has 0 bridgehead atoms. The molecule has 0 aliphatic heterocycles. The topological polar surface area (TPSA) is 58.2 Å². The molecular formula is C17H25BrN2O2. The molecule has 1 aromatic carbocycles. The maximum absolute atomic E-state index is 11.9. The largest absolute Gasteiger partial charge is 0.355 e. The van der Waals surface area contributed by atoms with Crippen molar-refractivity contribution >= 4 is 33.4 Å². The Morgan fingerprint density at radius 2 is 1.82 bits per heavy atom. The molecule has 0 aromatic heterocycles. The number of nitrogens with one attached hydrogen (secondary N) is 2. The summed E-state index contributed by atoms with van der Waals surface area (Å²) in [6.07, 6.45) is 0.253. The van der Waals surface area contributed by atoms with Gasteiger partial charge >= 0.3 is 0 Å². The lowest BCUT2D eigenvalue weighted by molar-refractivity contribution is -0.122. The smallest absolute Gasteiger partial charge is 0.234 e. The van der Waals surface area contributed by atoms with Crippen molar-refractivity contribution < 1.29 is 9.59 Å². The van der Waals surface area contributed by atoms with Gasteiger partial charge in [0, 0.05) is 18.7 Å². The zero-order valence-corrected chi connectivity index (χ0v) is 15.5. The molecule has 0 fully saturated rings. The second kappa shape index (κ2) is 7.77. The van der Waals surface area contributed by atoms with E-state index in [-0.39, 0.29) is 28.5 Å². The monoisotopic (exact) mass is 368 g/mol. The summed E-state index contributed by atoms with van der Waals surface area (Å²) in [6.45, 7) is 10.3. The fraction of sp³-hybridized carbons (Fsp3) is 0.529. The molecule has 0 aliphatic rings. The fourth-order valence-electron chi connectivity index (χ4n) is 1.82. The number of amides is 2. The molecule has 0 radical (unpaired) electrons. The molecule has 4 nitrogen and oxygen atoms in total. The molecular weight excluding hydrogens is 344 g/mol. The molecule has 0 saturated heterocycles. The van der Waals surface area contributed by atoms with E-state index in [1.54, 1.807) is 0 Å². The van der Waals surface area contributed by atoms with Gasteiger partial charge in [0.15, 0.2) is 0 Å². The number of aryl methyl sites for hydroxylation is 2. The van der Waals surface area contributed by atoms with Crippen LogP contribution in [0, 0.1) is 19.3 Å². The van der Waals surface area contributed by atoms with Crippen molar-refractivity contribution in [3.8, 4) is 0 Å². The maximum Gasteiger partial charge on any atom is 0.234 e. The predicted octanol–water partition coefficient (Wildman–Crippen LogP) is 3.56. The predicted molar refractivity (Wildman–Crippen MR) is 94.3 cm³/mol. The Hall–Kier alpha value is -1.36. The third kappa shape index (κ3) is 5.79. The Labute approximate surface area is 141 Å². The van der Waals surface area contributed by atoms with E-state index >= 15 is 0 Å². The van der Waals surface area contributed by atoms with Crippen molar-refractivity contribution in [2.75, 3.05) is 11.9 Å². The lowest BCUT2D eigenvalue weighted by Gasteiger charge is -2.24. The van der Waals surface area contributed by atoms with E-state index in [1.807, 2.05) is 52.8 Å². The van der Waals surface area contributed by atoms with E-state index < -0.39 is 0 Å². The van der Waals surface area contributed by atoms with Crippen LogP contribution in [0.3, 0.4) is 0 Å². The summed E-state index contributed by atoms with van der Waals surface area (Å²) < 4.78 is 0. The van der Waals surface area contributed by atoms with E-state index in [9.17, 15) is 9.59 Å². The van der Waals surface area contributed by atoms with Gasteiger partial charge in [0.25, 0.3) is 0 Å². The number of rotatable bonds is 5. The Morgan fingerprint density at radius 3 is 2.36 bits per heavy atom. The number of benzene rings is 1. The molecule has 22 heavy (non-hydrogen) atoms. The van der Waals surface area contributed by atoms with Crippen LogP contribution < -0.4 is 10.6 Å². The highest BCUT2D eigenvalue weighted by Crippen LogP contribution is 2.25. The van der Waals surface area contributed by atoms with Gasteiger partial charge in [0.2, 0.25) is 11.8 Å². The minimum absolute atomic E-state index is 0.0912. The third-order valence-corrected chi connectivity index (χ3v) is 5.22. The summed E-state index contributed by atoms with van der Waals surface area (Å²) in [5, 5.41) is 5.62. The zero-order chi connectivity index (χ0) is 16.9. The standard InChI is InChI=1S/C17H25BrN2O2/c1-11-6-7-13(10-12(11)2)20-14(21)8-9-19-16(22)15(18)17(3,4)5/h6-7,10,15H,8-9H2,1-5H3,(H,19,22)(H,20,21)/t15-/m1/s1. The minimum atomic E-state index is -0.275. The van der Waals surface area contributed by atoms with Gasteiger partial charge in [-0.1, -0.05) is 42.8 Å². The summed E-state index contributed by atoms with van der Waals surface area (Å²) in [7, 11) is 0. The van der Waals surface area contributed by atoms with Crippen LogP contribution in [0.5, 0.6) is 0 Å². The average molecular weight is 369 g/mol. The first-order chi connectivity index (χ1) is 10.1. The molecule has 2 N–H and O–H groups in total. The maximum atomic E-state index is 11.9. The number of alkyl halides is 1. The number of hydrogen-bond donors (Lipinski definition) is 2. The first kappa shape index (κ1) is 18.7. The summed E-state index contributed by atoms with van der Waals surface area (Å²) in [4.78, 5) is 23.5. The van der Waals surface area contributed by atoms with Crippen LogP contribution in [-0.4, -0.2) is 23.2 Å². The molecule has 2 amide bonds. The normalized spacial score (nSPS) is 12.6. The molecule has 1 atom stereocenters. The zero-order valence-electron chi connectivity index (χ0n) is 13.9. The number of halogens is 1. The van der Waals surface area contributed by atoms with Crippen LogP contribution in [0.15, 0.2) is 18.2 Å². The summed E-state index contributed by atoms with van der Waals surface area (Å²) >= 11 is 3.39. The van der Waals surface area contributed by atoms with E-state index in [1.165, 1.54) is 5.56 Å². The third-order valence-electron chi connectivity index (χ3n) is 3.43. The quantitative estimate of drug-likeness (QED) is 0.780. The Kier molecular flexibility index (Phi) is 6.60. The fourth-order valence-corrected chi connectivity index (χ4v) is 1.99. The molecule has 0 saturated carbocycles. The van der Waals surface area contributed by atoms with Gasteiger partial charge < -0.3 is 10.6 Å². The van der Waals surface area contributed by atoms with Crippen LogP contribution in [0.1, 0.15) is 38.3 Å². The summed E-state index contributed by atoms with van der Waals surface area (Å²) in [6, 6.07) is 5.80. The molecule has 1 aromatic rings. The second-order valence-corrected chi connectivity index (χ2v) is 7.53. The number of carbonyl (C=O) groups excluding carboxylic acids is 2. The summed E-state index contributed by atoms with van der Waals surface area (Å²) in [5.74, 6) is -0.197. The molecule has 1 rings (SSSR count). The van der Waals surface area contributed by atoms with Gasteiger partial charge in [-0.05, 0) is 42.5 Å². The van der Waals surface area contributed by atoms with Gasteiger partial charge in [-0.3, -0.25) is 9.59 Å². The van der Waals surface area contributed by atoms with Crippen LogP contribution in [0.25, 0.3) is 0 Å². The molecule has 5 heteroatoms. The Morgan fingerprint density at radius 1 is 1.18 bits per heavy atom. The highest BCUT2D eigenvalue weighted by atomic mass is 79.9. The lowest BCUT2D eigenvalue weighted by atomic mass is 9.92. The van der Waals surface area contributed by atoms with Crippen molar-refractivity contribution in [3.05, 3.63) is 29.3 Å². The molecule has 122 valence electrons. The van der Waals surface area contributed by atoms with Crippen molar-refractivity contribution in [1.82, 2.24) is 5.32 Å². The van der Waals surface area contributed by atoms with E-state index in [4.69, 9.17) is 0 Å². The van der Waals surface area contributed by atoms with Crippen LogP contribution in [0.2, 0.25) is 0 Å². The SMILES string of the molecule is Cc1ccc(NC(=O)CCNC(=O)[C@@H](Br)C(C)(C)C)cc1C. The van der Waals surface area contributed by atoms with E-state index in [0.717, 1.165) is 11.3 Å². The van der Waals surface area contributed by atoms with Crippen LogP contribution >= 0.6 is 15.9 Å². The number of anilines is 1. The Balaban J connectivity index is 2.40. The second-order valence-electron chi connectivity index (χ2n) is 6.62. The van der Waals surface area contributed by atoms with Crippen molar-refractivity contribution in [2.45, 2.75) is 45.9 Å². The van der Waals surface area contributed by atoms with Crippen molar-refractivity contribution in [2.24, 2.45) is 5.41 Å². The van der Waals surface area contributed by atoms with Crippen molar-refractivity contribution in [3.63, 3.8) is 0 Å². The minimum Gasteiger partial charge on any atom is -0.355 e. The average Bonchev–Trinajstić information content (AvgIpc) is 2.41. The molecule has 0 unspecified atom stereocenters. The van der Waals surface area contributed by atoms with Crippen LogP contribution in [-0.2, 0) is 9.59 Å². The molecule has 0 spiro atoms. The molecule has 0 heterocycles. The van der Waals surface area contributed by atoms with Gasteiger partial charge in [-0.15, -0.1) is 0 Å². The molecule has 0 aliphatic carbocycles. The lowest BCUT2D eigenvalue weighted by Crippen LogP contribution is -2.39. The highest BCUT2D eigenvalue weighted by molar-refractivity contribution is 9.10. The van der Waals surface area contributed by atoms with Crippen molar-refractivity contribution in [1.29, 1.82) is 0 Å². The summed E-state index contributed by atoms with van der Waals surface area (Å²) in [5.41, 5.74) is 2.95. The van der Waals surface area contributed by atoms with E-state index in [0.29, 0.717) is 6.54 Å². The van der Waals surface area contributed by atoms with Gasteiger partial charge in [0.1, 0.15) is 0 Å². The van der Waals surface area contributed by atoms with E-state index in [2.05, 4.69) is 26.6 Å². The first-order valence-electron chi connectivity index (χ1n) is 7.40.